The van der Waals surface area contributed by atoms with Gasteiger partial charge in [-0.1, -0.05) is 38.5 Å². The summed E-state index contributed by atoms with van der Waals surface area (Å²) in [6, 6.07) is 0. The van der Waals surface area contributed by atoms with E-state index in [1.165, 1.54) is 6.42 Å². The molecule has 1 saturated carbocycles. The SMILES string of the molecule is C=CC(=C)C1(O)CCCCC1. The number of rotatable bonds is 2. The van der Waals surface area contributed by atoms with E-state index in [9.17, 15) is 5.11 Å². The van der Waals surface area contributed by atoms with Crippen LogP contribution in [-0.2, 0) is 0 Å². The van der Waals surface area contributed by atoms with Crippen molar-refractivity contribution in [1.29, 1.82) is 0 Å². The lowest BCUT2D eigenvalue weighted by Gasteiger charge is -2.32. The number of hydrogen-bond donors (Lipinski definition) is 1. The first-order valence-electron chi connectivity index (χ1n) is 4.23. The first-order chi connectivity index (χ1) is 5.19. The molecule has 0 atom stereocenters. The van der Waals surface area contributed by atoms with Crippen LogP contribution in [-0.4, -0.2) is 10.7 Å². The Bertz CT molecular complexity index is 164. The summed E-state index contributed by atoms with van der Waals surface area (Å²) in [6.07, 6.45) is 6.86. The Kier molecular flexibility index (Phi) is 2.50. The van der Waals surface area contributed by atoms with Gasteiger partial charge in [0.25, 0.3) is 0 Å². The zero-order chi connectivity index (χ0) is 8.32. The van der Waals surface area contributed by atoms with Gasteiger partial charge in [0.1, 0.15) is 0 Å². The molecule has 0 unspecified atom stereocenters. The van der Waals surface area contributed by atoms with Crippen LogP contribution in [0.5, 0.6) is 0 Å². The van der Waals surface area contributed by atoms with Crippen molar-refractivity contribution in [3.05, 3.63) is 24.8 Å². The van der Waals surface area contributed by atoms with Crippen molar-refractivity contribution in [1.82, 2.24) is 0 Å². The number of aliphatic hydroxyl groups is 1. The average Bonchev–Trinajstić information content (AvgIpc) is 2.04. The van der Waals surface area contributed by atoms with Crippen LogP contribution < -0.4 is 0 Å². The largest absolute Gasteiger partial charge is 0.385 e. The maximum atomic E-state index is 9.97. The molecule has 62 valence electrons. The summed E-state index contributed by atoms with van der Waals surface area (Å²) in [4.78, 5) is 0. The third kappa shape index (κ3) is 1.72. The van der Waals surface area contributed by atoms with Crippen LogP contribution in [0.1, 0.15) is 32.1 Å². The van der Waals surface area contributed by atoms with Crippen molar-refractivity contribution in [3.63, 3.8) is 0 Å². The van der Waals surface area contributed by atoms with Crippen LogP contribution in [0, 0.1) is 0 Å². The minimum atomic E-state index is -0.625. The van der Waals surface area contributed by atoms with Gasteiger partial charge in [-0.3, -0.25) is 0 Å². The molecule has 1 nitrogen and oxygen atoms in total. The molecule has 0 aromatic rings. The summed E-state index contributed by atoms with van der Waals surface area (Å²) < 4.78 is 0. The van der Waals surface area contributed by atoms with E-state index in [1.807, 2.05) is 0 Å². The predicted octanol–water partition coefficient (Wildman–Crippen LogP) is 2.42. The van der Waals surface area contributed by atoms with Gasteiger partial charge in [0.05, 0.1) is 5.60 Å². The minimum absolute atomic E-state index is 0.625. The van der Waals surface area contributed by atoms with Crippen LogP contribution in [0.15, 0.2) is 24.8 Å². The van der Waals surface area contributed by atoms with E-state index in [2.05, 4.69) is 13.2 Å². The standard InChI is InChI=1S/C10H16O/c1-3-9(2)10(11)7-5-4-6-8-10/h3,11H,1-2,4-8H2. The lowest BCUT2D eigenvalue weighted by atomic mass is 9.80. The van der Waals surface area contributed by atoms with Gasteiger partial charge >= 0.3 is 0 Å². The highest BCUT2D eigenvalue weighted by molar-refractivity contribution is 5.24. The van der Waals surface area contributed by atoms with E-state index < -0.39 is 5.60 Å². The maximum absolute atomic E-state index is 9.97. The molecule has 1 fully saturated rings. The molecular weight excluding hydrogens is 136 g/mol. The summed E-state index contributed by atoms with van der Waals surface area (Å²) in [5.74, 6) is 0. The molecule has 1 aliphatic rings. The highest BCUT2D eigenvalue weighted by Crippen LogP contribution is 2.33. The molecule has 0 aromatic carbocycles. The second-order valence-corrected chi connectivity index (χ2v) is 3.32. The third-order valence-corrected chi connectivity index (χ3v) is 2.52. The van der Waals surface area contributed by atoms with Gasteiger partial charge in [-0.25, -0.2) is 0 Å². The summed E-state index contributed by atoms with van der Waals surface area (Å²) in [5, 5.41) is 9.97. The van der Waals surface area contributed by atoms with Crippen molar-refractivity contribution in [2.24, 2.45) is 0 Å². The molecule has 0 aliphatic heterocycles. The molecule has 1 heteroatoms. The molecule has 0 spiro atoms. The molecule has 1 rings (SSSR count). The third-order valence-electron chi connectivity index (χ3n) is 2.52. The van der Waals surface area contributed by atoms with Gasteiger partial charge in [0.15, 0.2) is 0 Å². The lowest BCUT2D eigenvalue weighted by Crippen LogP contribution is -2.32. The minimum Gasteiger partial charge on any atom is -0.385 e. The van der Waals surface area contributed by atoms with Gasteiger partial charge < -0.3 is 5.11 Å². The Morgan fingerprint density at radius 2 is 1.82 bits per heavy atom. The Balaban J connectivity index is 2.63. The fourth-order valence-corrected chi connectivity index (χ4v) is 1.65. The lowest BCUT2D eigenvalue weighted by molar-refractivity contribution is 0.0434. The van der Waals surface area contributed by atoms with E-state index in [0.717, 1.165) is 31.3 Å². The Morgan fingerprint density at radius 1 is 1.27 bits per heavy atom. The zero-order valence-corrected chi connectivity index (χ0v) is 6.97. The normalized spacial score (nSPS) is 22.6. The monoisotopic (exact) mass is 152 g/mol. The molecular formula is C10H16O. The fourth-order valence-electron chi connectivity index (χ4n) is 1.65. The van der Waals surface area contributed by atoms with Crippen LogP contribution in [0.3, 0.4) is 0 Å². The van der Waals surface area contributed by atoms with Crippen molar-refractivity contribution in [3.8, 4) is 0 Å². The van der Waals surface area contributed by atoms with Crippen LogP contribution in [0.4, 0.5) is 0 Å². The van der Waals surface area contributed by atoms with E-state index in [1.54, 1.807) is 6.08 Å². The summed E-state index contributed by atoms with van der Waals surface area (Å²) in [5.41, 5.74) is 0.164. The van der Waals surface area contributed by atoms with Crippen LogP contribution in [0.2, 0.25) is 0 Å². The maximum Gasteiger partial charge on any atom is 0.0890 e. The molecule has 0 radical (unpaired) electrons. The molecule has 0 heterocycles. The smallest absolute Gasteiger partial charge is 0.0890 e. The van der Waals surface area contributed by atoms with E-state index in [0.29, 0.717) is 0 Å². The Hall–Kier alpha value is -0.560. The van der Waals surface area contributed by atoms with Crippen molar-refractivity contribution >= 4 is 0 Å². The van der Waals surface area contributed by atoms with Gasteiger partial charge in [-0.05, 0) is 18.4 Å². The first kappa shape index (κ1) is 8.54. The molecule has 0 amide bonds. The van der Waals surface area contributed by atoms with Gasteiger partial charge in [-0.2, -0.15) is 0 Å². The zero-order valence-electron chi connectivity index (χ0n) is 6.97. The average molecular weight is 152 g/mol. The summed E-state index contributed by atoms with van der Waals surface area (Å²) in [7, 11) is 0. The molecule has 1 aliphatic carbocycles. The summed E-state index contributed by atoms with van der Waals surface area (Å²) >= 11 is 0. The molecule has 0 saturated heterocycles. The van der Waals surface area contributed by atoms with Crippen molar-refractivity contribution in [2.45, 2.75) is 37.7 Å². The fraction of sp³-hybridized carbons (Fsp3) is 0.600. The second kappa shape index (κ2) is 3.22. The van der Waals surface area contributed by atoms with Gasteiger partial charge in [0.2, 0.25) is 0 Å². The Labute approximate surface area is 68.4 Å². The Morgan fingerprint density at radius 3 is 2.27 bits per heavy atom. The van der Waals surface area contributed by atoms with E-state index in [4.69, 9.17) is 0 Å². The van der Waals surface area contributed by atoms with E-state index in [-0.39, 0.29) is 0 Å². The molecule has 11 heavy (non-hydrogen) atoms. The molecule has 1 N–H and O–H groups in total. The number of hydrogen-bond acceptors (Lipinski definition) is 1. The molecule has 0 aromatic heterocycles. The van der Waals surface area contributed by atoms with Crippen LogP contribution in [0.25, 0.3) is 0 Å². The summed E-state index contributed by atoms with van der Waals surface area (Å²) in [6.45, 7) is 7.42. The first-order valence-corrected chi connectivity index (χ1v) is 4.23. The highest BCUT2D eigenvalue weighted by atomic mass is 16.3. The quantitative estimate of drug-likeness (QED) is 0.602. The van der Waals surface area contributed by atoms with Crippen LogP contribution >= 0.6 is 0 Å². The second-order valence-electron chi connectivity index (χ2n) is 3.32. The van der Waals surface area contributed by atoms with Crippen molar-refractivity contribution < 1.29 is 5.11 Å². The van der Waals surface area contributed by atoms with E-state index >= 15 is 0 Å². The topological polar surface area (TPSA) is 20.2 Å². The van der Waals surface area contributed by atoms with Crippen molar-refractivity contribution in [2.75, 3.05) is 0 Å². The molecule has 0 bridgehead atoms. The highest BCUT2D eigenvalue weighted by Gasteiger charge is 2.30. The van der Waals surface area contributed by atoms with Gasteiger partial charge in [-0.15, -0.1) is 0 Å². The van der Waals surface area contributed by atoms with Gasteiger partial charge in [0, 0.05) is 0 Å². The predicted molar refractivity (Wildman–Crippen MR) is 47.4 cm³/mol.